The summed E-state index contributed by atoms with van der Waals surface area (Å²) >= 11 is 4.57. The van der Waals surface area contributed by atoms with Gasteiger partial charge >= 0.3 is 0 Å². The van der Waals surface area contributed by atoms with E-state index in [0.29, 0.717) is 5.41 Å². The maximum absolute atomic E-state index is 4.57. The van der Waals surface area contributed by atoms with Crippen LogP contribution in [0.1, 0.15) is 45.4 Å². The standard InChI is InChI=1S/C12H25NS/c1-3-9-13(2)10-12(11-14)7-5-4-6-8-12/h14H,3-11H2,1-2H3. The minimum Gasteiger partial charge on any atom is -0.306 e. The van der Waals surface area contributed by atoms with Crippen LogP contribution in [0, 0.1) is 5.41 Å². The Morgan fingerprint density at radius 2 is 1.86 bits per heavy atom. The molecule has 1 saturated carbocycles. The summed E-state index contributed by atoms with van der Waals surface area (Å²) in [6.45, 7) is 4.74. The van der Waals surface area contributed by atoms with Crippen molar-refractivity contribution < 1.29 is 0 Å². The van der Waals surface area contributed by atoms with E-state index < -0.39 is 0 Å². The van der Waals surface area contributed by atoms with Crippen molar-refractivity contribution in [2.45, 2.75) is 45.4 Å². The van der Waals surface area contributed by atoms with Crippen LogP contribution in [-0.2, 0) is 0 Å². The third-order valence-corrected chi connectivity index (χ3v) is 4.13. The molecule has 1 rings (SSSR count). The smallest absolute Gasteiger partial charge is 0.00427 e. The average Bonchev–Trinajstić information content (AvgIpc) is 2.19. The largest absolute Gasteiger partial charge is 0.306 e. The fourth-order valence-corrected chi connectivity index (χ4v) is 3.12. The lowest BCUT2D eigenvalue weighted by Gasteiger charge is -2.39. The molecule has 0 unspecified atom stereocenters. The van der Waals surface area contributed by atoms with Gasteiger partial charge in [-0.25, -0.2) is 0 Å². The van der Waals surface area contributed by atoms with Crippen LogP contribution in [0.5, 0.6) is 0 Å². The van der Waals surface area contributed by atoms with Crippen LogP contribution in [0.4, 0.5) is 0 Å². The highest BCUT2D eigenvalue weighted by atomic mass is 32.1. The van der Waals surface area contributed by atoms with Gasteiger partial charge in [0, 0.05) is 6.54 Å². The van der Waals surface area contributed by atoms with Crippen LogP contribution >= 0.6 is 12.6 Å². The Morgan fingerprint density at radius 1 is 1.21 bits per heavy atom. The Hall–Kier alpha value is 0.310. The quantitative estimate of drug-likeness (QED) is 0.689. The molecule has 84 valence electrons. The molecule has 0 N–H and O–H groups in total. The van der Waals surface area contributed by atoms with E-state index in [0.717, 1.165) is 5.75 Å². The van der Waals surface area contributed by atoms with E-state index in [9.17, 15) is 0 Å². The summed E-state index contributed by atoms with van der Waals surface area (Å²) in [5.41, 5.74) is 0.533. The first-order chi connectivity index (χ1) is 6.72. The molecule has 14 heavy (non-hydrogen) atoms. The lowest BCUT2D eigenvalue weighted by molar-refractivity contribution is 0.145. The second-order valence-corrected chi connectivity index (χ2v) is 5.27. The molecular weight excluding hydrogens is 190 g/mol. The van der Waals surface area contributed by atoms with Crippen molar-refractivity contribution in [2.24, 2.45) is 5.41 Å². The van der Waals surface area contributed by atoms with E-state index in [1.54, 1.807) is 0 Å². The lowest BCUT2D eigenvalue weighted by atomic mass is 9.75. The highest BCUT2D eigenvalue weighted by molar-refractivity contribution is 7.80. The molecule has 0 aliphatic heterocycles. The molecule has 0 bridgehead atoms. The Bertz CT molecular complexity index is 152. The Labute approximate surface area is 94.7 Å². The van der Waals surface area contributed by atoms with Crippen LogP contribution in [0.3, 0.4) is 0 Å². The van der Waals surface area contributed by atoms with Crippen molar-refractivity contribution in [1.29, 1.82) is 0 Å². The summed E-state index contributed by atoms with van der Waals surface area (Å²) in [7, 11) is 2.25. The molecular formula is C12H25NS. The van der Waals surface area contributed by atoms with Crippen molar-refractivity contribution >= 4 is 12.6 Å². The molecule has 0 spiro atoms. The van der Waals surface area contributed by atoms with Crippen molar-refractivity contribution in [2.75, 3.05) is 25.9 Å². The molecule has 1 aliphatic rings. The fourth-order valence-electron chi connectivity index (χ4n) is 2.70. The second kappa shape index (κ2) is 6.02. The van der Waals surface area contributed by atoms with Gasteiger partial charge in [-0.05, 0) is 44.0 Å². The first-order valence-electron chi connectivity index (χ1n) is 6.02. The summed E-state index contributed by atoms with van der Waals surface area (Å²) in [4.78, 5) is 2.49. The lowest BCUT2D eigenvalue weighted by Crippen LogP contribution is -2.39. The Kier molecular flexibility index (Phi) is 5.32. The zero-order chi connectivity index (χ0) is 10.4. The number of hydrogen-bond acceptors (Lipinski definition) is 2. The molecule has 0 atom stereocenters. The number of hydrogen-bond donors (Lipinski definition) is 1. The molecule has 0 saturated heterocycles. The summed E-state index contributed by atoms with van der Waals surface area (Å²) in [6, 6.07) is 0. The third-order valence-electron chi connectivity index (χ3n) is 3.46. The molecule has 1 aliphatic carbocycles. The van der Waals surface area contributed by atoms with Gasteiger partial charge in [0.2, 0.25) is 0 Å². The molecule has 0 radical (unpaired) electrons. The molecule has 0 amide bonds. The summed E-state index contributed by atoms with van der Waals surface area (Å²) in [5, 5.41) is 0. The van der Waals surface area contributed by atoms with Crippen molar-refractivity contribution in [1.82, 2.24) is 4.90 Å². The van der Waals surface area contributed by atoms with Gasteiger partial charge in [0.05, 0.1) is 0 Å². The predicted molar refractivity (Wildman–Crippen MR) is 67.2 cm³/mol. The van der Waals surface area contributed by atoms with Gasteiger partial charge in [-0.2, -0.15) is 12.6 Å². The van der Waals surface area contributed by atoms with E-state index >= 15 is 0 Å². The summed E-state index contributed by atoms with van der Waals surface area (Å²) < 4.78 is 0. The Balaban J connectivity index is 2.42. The molecule has 2 heteroatoms. The normalized spacial score (nSPS) is 21.4. The first-order valence-corrected chi connectivity index (χ1v) is 6.65. The zero-order valence-corrected chi connectivity index (χ0v) is 10.7. The maximum atomic E-state index is 4.57. The monoisotopic (exact) mass is 215 g/mol. The number of rotatable bonds is 5. The molecule has 0 heterocycles. The van der Waals surface area contributed by atoms with Gasteiger partial charge in [0.15, 0.2) is 0 Å². The predicted octanol–water partition coefficient (Wildman–Crippen LogP) is 3.21. The van der Waals surface area contributed by atoms with Crippen molar-refractivity contribution in [3.63, 3.8) is 0 Å². The summed E-state index contributed by atoms with van der Waals surface area (Å²) in [6.07, 6.45) is 8.32. The van der Waals surface area contributed by atoms with E-state index in [1.807, 2.05) is 0 Å². The average molecular weight is 215 g/mol. The minimum atomic E-state index is 0.533. The van der Waals surface area contributed by atoms with Gasteiger partial charge in [-0.3, -0.25) is 0 Å². The number of nitrogens with zero attached hydrogens (tertiary/aromatic N) is 1. The SMILES string of the molecule is CCCN(C)CC1(CS)CCCCC1. The highest BCUT2D eigenvalue weighted by Crippen LogP contribution is 2.37. The fraction of sp³-hybridized carbons (Fsp3) is 1.00. The Morgan fingerprint density at radius 3 is 2.36 bits per heavy atom. The van der Waals surface area contributed by atoms with Crippen molar-refractivity contribution in [3.8, 4) is 0 Å². The van der Waals surface area contributed by atoms with Crippen LogP contribution in [0.25, 0.3) is 0 Å². The van der Waals surface area contributed by atoms with Crippen LogP contribution in [0.15, 0.2) is 0 Å². The molecule has 1 nitrogen and oxygen atoms in total. The van der Waals surface area contributed by atoms with E-state index in [-0.39, 0.29) is 0 Å². The number of thiol groups is 1. The topological polar surface area (TPSA) is 3.24 Å². The highest BCUT2D eigenvalue weighted by Gasteiger charge is 2.31. The molecule has 0 aromatic carbocycles. The third kappa shape index (κ3) is 3.47. The van der Waals surface area contributed by atoms with Crippen LogP contribution in [-0.4, -0.2) is 30.8 Å². The van der Waals surface area contributed by atoms with Crippen LogP contribution < -0.4 is 0 Å². The molecule has 1 fully saturated rings. The summed E-state index contributed by atoms with van der Waals surface area (Å²) in [5.74, 6) is 1.07. The maximum Gasteiger partial charge on any atom is 0.00427 e. The van der Waals surface area contributed by atoms with E-state index in [2.05, 4.69) is 31.5 Å². The van der Waals surface area contributed by atoms with Gasteiger partial charge < -0.3 is 4.90 Å². The van der Waals surface area contributed by atoms with Gasteiger partial charge in [0.25, 0.3) is 0 Å². The molecule has 0 aromatic rings. The van der Waals surface area contributed by atoms with Gasteiger partial charge in [0.1, 0.15) is 0 Å². The molecule has 0 aromatic heterocycles. The van der Waals surface area contributed by atoms with E-state index in [1.165, 1.54) is 51.6 Å². The van der Waals surface area contributed by atoms with Crippen LogP contribution in [0.2, 0.25) is 0 Å². The first kappa shape index (κ1) is 12.4. The minimum absolute atomic E-state index is 0.533. The zero-order valence-electron chi connectivity index (χ0n) is 9.76. The van der Waals surface area contributed by atoms with Crippen molar-refractivity contribution in [3.05, 3.63) is 0 Å². The van der Waals surface area contributed by atoms with E-state index in [4.69, 9.17) is 0 Å². The van der Waals surface area contributed by atoms with Gasteiger partial charge in [-0.1, -0.05) is 26.2 Å². The van der Waals surface area contributed by atoms with Gasteiger partial charge in [-0.15, -0.1) is 0 Å². The second-order valence-electron chi connectivity index (χ2n) is 4.96.